The zero-order valence-corrected chi connectivity index (χ0v) is 5.50. The topological polar surface area (TPSA) is 41.5 Å². The second-order valence-corrected chi connectivity index (χ2v) is 2.53. The van der Waals surface area contributed by atoms with Gasteiger partial charge in [0.25, 0.3) is 0 Å². The van der Waals surface area contributed by atoms with E-state index in [4.69, 9.17) is 0 Å². The van der Waals surface area contributed by atoms with Crippen LogP contribution < -0.4 is 5.32 Å². The van der Waals surface area contributed by atoms with Gasteiger partial charge in [-0.2, -0.15) is 0 Å². The molecule has 2 heterocycles. The van der Waals surface area contributed by atoms with Crippen LogP contribution in [0.3, 0.4) is 0 Å². The summed E-state index contributed by atoms with van der Waals surface area (Å²) in [5.74, 6) is 0.174. The number of hydrogen-bond acceptors (Lipinski definition) is 2. The molecule has 1 saturated heterocycles. The number of aliphatic imine (C=N–C) groups is 1. The summed E-state index contributed by atoms with van der Waals surface area (Å²) < 4.78 is 0. The van der Waals surface area contributed by atoms with Crippen LogP contribution in [-0.2, 0) is 4.79 Å². The van der Waals surface area contributed by atoms with Crippen LogP contribution >= 0.6 is 0 Å². The number of allylic oxidation sites excluding steroid dienone is 1. The summed E-state index contributed by atoms with van der Waals surface area (Å²) >= 11 is 0. The minimum Gasteiger partial charge on any atom is -0.352 e. The average molecular weight is 136 g/mol. The maximum Gasteiger partial charge on any atom is 0.229 e. The van der Waals surface area contributed by atoms with E-state index in [1.54, 1.807) is 6.21 Å². The second kappa shape index (κ2) is 1.94. The van der Waals surface area contributed by atoms with Crippen molar-refractivity contribution in [3.63, 3.8) is 0 Å². The fraction of sp³-hybridized carbons (Fsp3) is 0.429. The van der Waals surface area contributed by atoms with Gasteiger partial charge >= 0.3 is 0 Å². The largest absolute Gasteiger partial charge is 0.352 e. The number of amides is 1. The molecule has 1 fully saturated rings. The molecule has 2 rings (SSSR count). The van der Waals surface area contributed by atoms with Gasteiger partial charge in [0.15, 0.2) is 0 Å². The van der Waals surface area contributed by atoms with E-state index in [1.807, 2.05) is 6.08 Å². The molecule has 2 aliphatic rings. The lowest BCUT2D eigenvalue weighted by atomic mass is 10.0. The van der Waals surface area contributed by atoms with Crippen molar-refractivity contribution >= 4 is 12.1 Å². The Kier molecular flexibility index (Phi) is 1.09. The first-order chi connectivity index (χ1) is 4.88. The minimum absolute atomic E-state index is 0.0463. The van der Waals surface area contributed by atoms with Crippen LogP contribution in [0.4, 0.5) is 0 Å². The molecule has 1 N–H and O–H groups in total. The summed E-state index contributed by atoms with van der Waals surface area (Å²) in [5, 5.41) is 2.77. The summed E-state index contributed by atoms with van der Waals surface area (Å²) in [7, 11) is 0. The average Bonchev–Trinajstić information content (AvgIpc) is 2.34. The normalized spacial score (nSPS) is 29.4. The maximum absolute atomic E-state index is 11.0. The van der Waals surface area contributed by atoms with Gasteiger partial charge in [0.05, 0.1) is 12.5 Å². The van der Waals surface area contributed by atoms with E-state index < -0.39 is 0 Å². The van der Waals surface area contributed by atoms with E-state index >= 15 is 0 Å². The fourth-order valence-electron chi connectivity index (χ4n) is 1.29. The Morgan fingerprint density at radius 1 is 1.70 bits per heavy atom. The molecular weight excluding hydrogens is 128 g/mol. The highest BCUT2D eigenvalue weighted by Crippen LogP contribution is 2.18. The Balaban J connectivity index is 2.31. The third-order valence-electron chi connectivity index (χ3n) is 1.91. The van der Waals surface area contributed by atoms with Crippen LogP contribution in [0, 0.1) is 5.92 Å². The molecule has 0 spiro atoms. The number of fused-ring (bicyclic) bond motifs is 1. The van der Waals surface area contributed by atoms with Crippen molar-refractivity contribution in [3.05, 3.63) is 11.6 Å². The van der Waals surface area contributed by atoms with Gasteiger partial charge in [0.1, 0.15) is 0 Å². The van der Waals surface area contributed by atoms with Crippen molar-refractivity contribution in [1.29, 1.82) is 0 Å². The Bertz CT molecular complexity index is 230. The van der Waals surface area contributed by atoms with E-state index in [0.717, 1.165) is 6.54 Å². The van der Waals surface area contributed by atoms with Crippen LogP contribution in [0.5, 0.6) is 0 Å². The van der Waals surface area contributed by atoms with Gasteiger partial charge < -0.3 is 5.32 Å². The lowest BCUT2D eigenvalue weighted by Crippen LogP contribution is -2.21. The second-order valence-electron chi connectivity index (χ2n) is 2.53. The number of carbonyl (C=O) groups is 1. The third kappa shape index (κ3) is 0.667. The summed E-state index contributed by atoms with van der Waals surface area (Å²) in [6, 6.07) is 0. The number of rotatable bonds is 0. The highest BCUT2D eigenvalue weighted by atomic mass is 16.2. The summed E-state index contributed by atoms with van der Waals surface area (Å²) in [4.78, 5) is 15.0. The van der Waals surface area contributed by atoms with Crippen LogP contribution in [0.15, 0.2) is 16.6 Å². The molecule has 1 amide bonds. The van der Waals surface area contributed by atoms with Gasteiger partial charge in [-0.3, -0.25) is 9.79 Å². The molecule has 0 aromatic rings. The highest BCUT2D eigenvalue weighted by molar-refractivity contribution is 5.89. The molecule has 0 aliphatic carbocycles. The van der Waals surface area contributed by atoms with E-state index in [0.29, 0.717) is 6.54 Å². The highest BCUT2D eigenvalue weighted by Gasteiger charge is 2.29. The first-order valence-corrected chi connectivity index (χ1v) is 3.34. The lowest BCUT2D eigenvalue weighted by molar-refractivity contribution is -0.121. The van der Waals surface area contributed by atoms with Crippen molar-refractivity contribution < 1.29 is 4.79 Å². The predicted molar refractivity (Wildman–Crippen MR) is 37.9 cm³/mol. The van der Waals surface area contributed by atoms with Gasteiger partial charge in [0.2, 0.25) is 5.91 Å². The Morgan fingerprint density at radius 3 is 3.40 bits per heavy atom. The van der Waals surface area contributed by atoms with Crippen molar-refractivity contribution in [3.8, 4) is 0 Å². The summed E-state index contributed by atoms with van der Waals surface area (Å²) in [6.45, 7) is 1.35. The van der Waals surface area contributed by atoms with E-state index in [2.05, 4.69) is 10.3 Å². The van der Waals surface area contributed by atoms with Crippen molar-refractivity contribution in [1.82, 2.24) is 5.32 Å². The summed E-state index contributed by atoms with van der Waals surface area (Å²) in [6.07, 6.45) is 3.69. The van der Waals surface area contributed by atoms with Gasteiger partial charge in [-0.15, -0.1) is 0 Å². The Hall–Kier alpha value is -1.12. The van der Waals surface area contributed by atoms with Crippen molar-refractivity contribution in [2.75, 3.05) is 13.1 Å². The summed E-state index contributed by atoms with van der Waals surface area (Å²) in [5.41, 5.74) is 1.18. The van der Waals surface area contributed by atoms with E-state index in [-0.39, 0.29) is 11.8 Å². The van der Waals surface area contributed by atoms with Gasteiger partial charge in [-0.1, -0.05) is 0 Å². The molecule has 0 aromatic heterocycles. The van der Waals surface area contributed by atoms with E-state index in [1.165, 1.54) is 5.57 Å². The Labute approximate surface area is 58.8 Å². The van der Waals surface area contributed by atoms with Crippen LogP contribution in [0.2, 0.25) is 0 Å². The molecule has 3 nitrogen and oxygen atoms in total. The van der Waals surface area contributed by atoms with Crippen LogP contribution in [0.1, 0.15) is 0 Å². The molecule has 1 atom stereocenters. The lowest BCUT2D eigenvalue weighted by Gasteiger charge is -2.07. The standard InChI is InChI=1S/C7H8N2O/c10-7-6-4-8-2-1-5(6)3-9-7/h1-2,6H,3-4H2,(H,9,10). The van der Waals surface area contributed by atoms with E-state index in [9.17, 15) is 4.79 Å². The first kappa shape index (κ1) is 5.65. The maximum atomic E-state index is 11.0. The minimum atomic E-state index is 0.0463. The van der Waals surface area contributed by atoms with Gasteiger partial charge in [0, 0.05) is 12.8 Å². The molecule has 52 valence electrons. The van der Waals surface area contributed by atoms with Gasteiger partial charge in [-0.05, 0) is 11.6 Å². The molecule has 3 heteroatoms. The molecule has 0 bridgehead atoms. The quantitative estimate of drug-likeness (QED) is 0.490. The SMILES string of the molecule is O=C1NCC2=CC=NCC12. The zero-order chi connectivity index (χ0) is 6.97. The smallest absolute Gasteiger partial charge is 0.229 e. The molecule has 10 heavy (non-hydrogen) atoms. The zero-order valence-electron chi connectivity index (χ0n) is 5.50. The third-order valence-corrected chi connectivity index (χ3v) is 1.91. The molecule has 1 unspecified atom stereocenters. The number of dihydropyridines is 1. The molecule has 0 radical (unpaired) electrons. The van der Waals surface area contributed by atoms with Crippen molar-refractivity contribution in [2.45, 2.75) is 0 Å². The van der Waals surface area contributed by atoms with Crippen molar-refractivity contribution in [2.24, 2.45) is 10.9 Å². The number of nitrogens with one attached hydrogen (secondary N) is 1. The predicted octanol–water partition coefficient (Wildman–Crippen LogP) is -0.257. The first-order valence-electron chi connectivity index (χ1n) is 3.34. The monoisotopic (exact) mass is 136 g/mol. The Morgan fingerprint density at radius 2 is 2.60 bits per heavy atom. The molecule has 2 aliphatic heterocycles. The molecule has 0 aromatic carbocycles. The van der Waals surface area contributed by atoms with Gasteiger partial charge in [-0.25, -0.2) is 0 Å². The number of carbonyl (C=O) groups excluding carboxylic acids is 1. The van der Waals surface area contributed by atoms with Crippen LogP contribution in [0.25, 0.3) is 0 Å². The number of hydrogen-bond donors (Lipinski definition) is 1. The molecule has 0 saturated carbocycles. The fourth-order valence-corrected chi connectivity index (χ4v) is 1.29. The molecular formula is C7H8N2O. The number of nitrogens with zero attached hydrogens (tertiary/aromatic N) is 1. The van der Waals surface area contributed by atoms with Crippen LogP contribution in [-0.4, -0.2) is 25.2 Å².